The second-order valence-corrected chi connectivity index (χ2v) is 5.08. The molecule has 1 aliphatic rings. The lowest BCUT2D eigenvalue weighted by Gasteiger charge is -2.34. The summed E-state index contributed by atoms with van der Waals surface area (Å²) in [7, 11) is 1.41. The molecule has 1 heterocycles. The fraction of sp³-hybridized carbons (Fsp3) is 0.308. The molecule has 1 aliphatic heterocycles. The van der Waals surface area contributed by atoms with Crippen molar-refractivity contribution < 1.29 is 19.6 Å². The first kappa shape index (κ1) is 15.4. The maximum Gasteiger partial charge on any atom is 0.411 e. The summed E-state index contributed by atoms with van der Waals surface area (Å²) < 4.78 is 0. The Morgan fingerprint density at radius 3 is 2.82 bits per heavy atom. The van der Waals surface area contributed by atoms with Gasteiger partial charge in [-0.2, -0.15) is 0 Å². The van der Waals surface area contributed by atoms with Gasteiger partial charge in [0.15, 0.2) is 0 Å². The van der Waals surface area contributed by atoms with Gasteiger partial charge < -0.3 is 5.11 Å². The van der Waals surface area contributed by atoms with Crippen molar-refractivity contribution >= 4 is 23.6 Å². The first-order chi connectivity index (χ1) is 10.2. The van der Waals surface area contributed by atoms with Gasteiger partial charge in [0.05, 0.1) is 16.9 Å². The average Bonchev–Trinajstić information content (AvgIpc) is 2.44. The predicted molar refractivity (Wildman–Crippen MR) is 76.4 cm³/mol. The van der Waals surface area contributed by atoms with E-state index in [0.29, 0.717) is 5.56 Å². The number of aliphatic imine (C=N–C) groups is 1. The first-order valence-corrected chi connectivity index (χ1v) is 6.34. The highest BCUT2D eigenvalue weighted by molar-refractivity contribution is 6.04. The topological polar surface area (TPSA) is 125 Å². The Bertz CT molecular complexity index is 687. The number of carbonyl (C=O) groups excluding carboxylic acids is 1. The summed E-state index contributed by atoms with van der Waals surface area (Å²) in [6.07, 6.45) is -1.36. The number of nitrogens with one attached hydrogen (secondary N) is 1. The van der Waals surface area contributed by atoms with E-state index in [1.165, 1.54) is 25.2 Å². The number of non-ortho nitro benzene ring substituents is 1. The Kier molecular flexibility index (Phi) is 3.81. The third-order valence-corrected chi connectivity index (χ3v) is 3.44. The number of hydrogen-bond acceptors (Lipinski definition) is 5. The number of benzene rings is 1. The fourth-order valence-corrected chi connectivity index (χ4v) is 2.21. The molecule has 1 atom stereocenters. The second kappa shape index (κ2) is 5.43. The van der Waals surface area contributed by atoms with Crippen molar-refractivity contribution in [3.63, 3.8) is 0 Å². The van der Waals surface area contributed by atoms with Gasteiger partial charge in [-0.25, -0.2) is 9.79 Å². The molecule has 9 heteroatoms. The van der Waals surface area contributed by atoms with Gasteiger partial charge in [0.2, 0.25) is 11.9 Å². The normalized spacial score (nSPS) is 21.3. The van der Waals surface area contributed by atoms with E-state index in [1.807, 2.05) is 0 Å². The van der Waals surface area contributed by atoms with Crippen molar-refractivity contribution in [1.82, 2.24) is 10.2 Å². The number of hydrogen-bond donors (Lipinski definition) is 2. The Morgan fingerprint density at radius 2 is 2.23 bits per heavy atom. The summed E-state index contributed by atoms with van der Waals surface area (Å²) in [4.78, 5) is 38.6. The second-order valence-electron chi connectivity index (χ2n) is 5.08. The van der Waals surface area contributed by atoms with Gasteiger partial charge in [0.1, 0.15) is 0 Å². The van der Waals surface area contributed by atoms with Gasteiger partial charge in [0, 0.05) is 19.2 Å². The van der Waals surface area contributed by atoms with Crippen molar-refractivity contribution in [2.24, 2.45) is 4.99 Å². The molecule has 0 saturated carbocycles. The van der Waals surface area contributed by atoms with E-state index >= 15 is 0 Å². The van der Waals surface area contributed by atoms with Crippen LogP contribution in [0.15, 0.2) is 29.3 Å². The number of guanidine groups is 1. The van der Waals surface area contributed by atoms with Crippen molar-refractivity contribution in [2.45, 2.75) is 18.9 Å². The molecule has 0 fully saturated rings. The number of nitrogens with zero attached hydrogens (tertiary/aromatic N) is 3. The van der Waals surface area contributed by atoms with Crippen molar-refractivity contribution in [3.8, 4) is 0 Å². The SMILES string of the molecule is CN1C(=O)C[C@@](C)(c2cccc([N+](=O)[O-])c2)N=C1NC(=O)O. The van der Waals surface area contributed by atoms with Gasteiger partial charge in [-0.3, -0.25) is 25.1 Å². The highest BCUT2D eigenvalue weighted by Gasteiger charge is 2.38. The highest BCUT2D eigenvalue weighted by Crippen LogP contribution is 2.34. The van der Waals surface area contributed by atoms with Crippen molar-refractivity contribution in [1.29, 1.82) is 0 Å². The van der Waals surface area contributed by atoms with Crippen LogP contribution >= 0.6 is 0 Å². The molecule has 2 rings (SSSR count). The molecule has 0 spiro atoms. The minimum atomic E-state index is -1.35. The third kappa shape index (κ3) is 2.87. The van der Waals surface area contributed by atoms with Crippen LogP contribution in [0.3, 0.4) is 0 Å². The summed E-state index contributed by atoms with van der Waals surface area (Å²) in [5.74, 6) is -0.453. The zero-order chi connectivity index (χ0) is 16.5. The van der Waals surface area contributed by atoms with Crippen LogP contribution in [0.1, 0.15) is 18.9 Å². The smallest absolute Gasteiger partial charge is 0.411 e. The van der Waals surface area contributed by atoms with Crippen LogP contribution in [0.25, 0.3) is 0 Å². The lowest BCUT2D eigenvalue weighted by atomic mass is 9.87. The minimum Gasteiger partial charge on any atom is -0.465 e. The number of amides is 2. The molecular formula is C13H14N4O5. The van der Waals surface area contributed by atoms with Crippen LogP contribution in [0.2, 0.25) is 0 Å². The molecule has 0 radical (unpaired) electrons. The molecule has 0 aliphatic carbocycles. The summed E-state index contributed by atoms with van der Waals surface area (Å²) in [5.41, 5.74) is -0.728. The number of carboxylic acid groups (broad SMARTS) is 1. The van der Waals surface area contributed by atoms with Crippen LogP contribution in [0.4, 0.5) is 10.5 Å². The van der Waals surface area contributed by atoms with Gasteiger partial charge >= 0.3 is 6.09 Å². The Labute approximate surface area is 125 Å². The van der Waals surface area contributed by atoms with Gasteiger partial charge in [-0.1, -0.05) is 12.1 Å². The predicted octanol–water partition coefficient (Wildman–Crippen LogP) is 1.30. The third-order valence-electron chi connectivity index (χ3n) is 3.44. The van der Waals surface area contributed by atoms with Gasteiger partial charge in [-0.05, 0) is 12.5 Å². The molecule has 2 amide bonds. The number of nitro groups is 1. The van der Waals surface area contributed by atoms with E-state index in [0.717, 1.165) is 4.90 Å². The Morgan fingerprint density at radius 1 is 1.55 bits per heavy atom. The Balaban J connectivity index is 2.49. The first-order valence-electron chi connectivity index (χ1n) is 6.34. The number of nitro benzene ring substituents is 1. The molecular weight excluding hydrogens is 292 g/mol. The Hall–Kier alpha value is -2.97. The standard InChI is InChI=1S/C13H14N4O5/c1-13(8-4-3-5-9(6-8)17(21)22)7-10(18)16(2)11(15-13)14-12(19)20/h3-6H,7H2,1-2H3,(H,14,15)(H,19,20)/t13-/m0/s1. The molecule has 22 heavy (non-hydrogen) atoms. The van der Waals surface area contributed by atoms with Crippen molar-refractivity contribution in [2.75, 3.05) is 7.05 Å². The monoisotopic (exact) mass is 306 g/mol. The summed E-state index contributed by atoms with van der Waals surface area (Å²) >= 11 is 0. The molecule has 0 unspecified atom stereocenters. The quantitative estimate of drug-likeness (QED) is 0.629. The zero-order valence-electron chi connectivity index (χ0n) is 11.9. The van der Waals surface area contributed by atoms with Crippen molar-refractivity contribution in [3.05, 3.63) is 39.9 Å². The summed E-state index contributed by atoms with van der Waals surface area (Å²) in [6.45, 7) is 1.63. The minimum absolute atomic E-state index is 0.0184. The van der Waals surface area contributed by atoms with E-state index in [1.54, 1.807) is 13.0 Å². The number of rotatable bonds is 2. The van der Waals surface area contributed by atoms with E-state index in [-0.39, 0.29) is 24.0 Å². The van der Waals surface area contributed by atoms with Gasteiger partial charge in [-0.15, -0.1) is 0 Å². The van der Waals surface area contributed by atoms with Gasteiger partial charge in [0.25, 0.3) is 5.69 Å². The van der Waals surface area contributed by atoms with E-state index in [4.69, 9.17) is 5.11 Å². The van der Waals surface area contributed by atoms with E-state index in [2.05, 4.69) is 10.3 Å². The molecule has 2 N–H and O–H groups in total. The van der Waals surface area contributed by atoms with Crippen LogP contribution in [0.5, 0.6) is 0 Å². The van der Waals surface area contributed by atoms with Crippen LogP contribution in [-0.4, -0.2) is 39.9 Å². The van der Waals surface area contributed by atoms with E-state index < -0.39 is 16.6 Å². The molecule has 0 saturated heterocycles. The largest absolute Gasteiger partial charge is 0.465 e. The van der Waals surface area contributed by atoms with E-state index in [9.17, 15) is 19.7 Å². The van der Waals surface area contributed by atoms with Crippen LogP contribution in [-0.2, 0) is 10.3 Å². The molecule has 9 nitrogen and oxygen atoms in total. The summed E-state index contributed by atoms with van der Waals surface area (Å²) in [6, 6.07) is 5.79. The molecule has 0 bridgehead atoms. The summed E-state index contributed by atoms with van der Waals surface area (Å²) in [5, 5.41) is 21.7. The molecule has 1 aromatic carbocycles. The zero-order valence-corrected chi connectivity index (χ0v) is 11.9. The lowest BCUT2D eigenvalue weighted by Crippen LogP contribution is -2.51. The molecule has 116 valence electrons. The lowest BCUT2D eigenvalue weighted by molar-refractivity contribution is -0.385. The van der Waals surface area contributed by atoms with Crippen LogP contribution < -0.4 is 5.32 Å². The highest BCUT2D eigenvalue weighted by atomic mass is 16.6. The van der Waals surface area contributed by atoms with Crippen LogP contribution in [0, 0.1) is 10.1 Å². The number of carbonyl (C=O) groups is 2. The average molecular weight is 306 g/mol. The fourth-order valence-electron chi connectivity index (χ4n) is 2.21. The maximum atomic E-state index is 12.1. The maximum absolute atomic E-state index is 12.1. The molecule has 1 aromatic rings. The molecule has 0 aromatic heterocycles.